The van der Waals surface area contributed by atoms with Crippen LogP contribution in [0.2, 0.25) is 0 Å². The third-order valence-corrected chi connectivity index (χ3v) is 5.30. The summed E-state index contributed by atoms with van der Waals surface area (Å²) in [4.78, 5) is 22.1. The van der Waals surface area contributed by atoms with Crippen LogP contribution in [0, 0.1) is 5.82 Å². The lowest BCUT2D eigenvalue weighted by molar-refractivity contribution is 0.102. The molecule has 0 saturated carbocycles. The van der Waals surface area contributed by atoms with Gasteiger partial charge >= 0.3 is 0 Å². The fourth-order valence-electron chi connectivity index (χ4n) is 3.60. The number of rotatable bonds is 7. The van der Waals surface area contributed by atoms with Gasteiger partial charge in [-0.2, -0.15) is 0 Å². The largest absolute Gasteiger partial charge is 0.396 e. The van der Waals surface area contributed by atoms with Gasteiger partial charge in [0, 0.05) is 23.9 Å². The molecule has 7 heteroatoms. The Bertz CT molecular complexity index is 1250. The molecule has 33 heavy (non-hydrogen) atoms. The summed E-state index contributed by atoms with van der Waals surface area (Å²) >= 11 is 0. The Hall–Kier alpha value is -3.84. The molecule has 4 rings (SSSR count). The predicted molar refractivity (Wildman–Crippen MR) is 126 cm³/mol. The second-order valence-electron chi connectivity index (χ2n) is 7.98. The number of aliphatic hydroxyl groups is 1. The van der Waals surface area contributed by atoms with Crippen molar-refractivity contribution < 1.29 is 14.3 Å². The highest BCUT2D eigenvalue weighted by molar-refractivity contribution is 6.03. The topological polar surface area (TPSA) is 80.0 Å². The number of hydrogen-bond donors (Lipinski definition) is 2. The van der Waals surface area contributed by atoms with Crippen molar-refractivity contribution in [2.24, 2.45) is 0 Å². The summed E-state index contributed by atoms with van der Waals surface area (Å²) in [6.45, 7) is 4.16. The highest BCUT2D eigenvalue weighted by atomic mass is 19.1. The van der Waals surface area contributed by atoms with Crippen LogP contribution in [0.1, 0.15) is 35.9 Å². The maximum absolute atomic E-state index is 13.4. The number of nitrogens with zero attached hydrogens (tertiary/aromatic N) is 3. The summed E-state index contributed by atoms with van der Waals surface area (Å²) in [5.41, 5.74) is 4.72. The molecule has 0 radical (unpaired) electrons. The first kappa shape index (κ1) is 22.4. The molecule has 0 bridgehead atoms. The Labute approximate surface area is 191 Å². The van der Waals surface area contributed by atoms with Crippen molar-refractivity contribution in [1.82, 2.24) is 14.5 Å². The quantitative estimate of drug-likeness (QED) is 0.415. The van der Waals surface area contributed by atoms with Crippen molar-refractivity contribution in [3.8, 4) is 22.6 Å². The number of imidazole rings is 1. The van der Waals surface area contributed by atoms with Gasteiger partial charge in [0.15, 0.2) is 0 Å². The number of aromatic nitrogens is 3. The third kappa shape index (κ3) is 4.99. The number of nitrogens with one attached hydrogen (secondary N) is 1. The van der Waals surface area contributed by atoms with Crippen LogP contribution in [-0.4, -0.2) is 32.2 Å². The number of anilines is 1. The minimum atomic E-state index is -0.328. The zero-order valence-corrected chi connectivity index (χ0v) is 18.5. The van der Waals surface area contributed by atoms with Crippen molar-refractivity contribution in [2.45, 2.75) is 26.3 Å². The SMILES string of the molecule is CC(C)n1cnc(-c2ccc(F)cc2)c1-c1cccc(C(=O)Nc2ccc(CCO)cc2)n1. The number of aliphatic hydroxyl groups excluding tert-OH is 1. The van der Waals surface area contributed by atoms with Crippen LogP contribution < -0.4 is 5.32 Å². The van der Waals surface area contributed by atoms with E-state index in [0.29, 0.717) is 23.5 Å². The van der Waals surface area contributed by atoms with Gasteiger partial charge in [-0.15, -0.1) is 0 Å². The van der Waals surface area contributed by atoms with Crippen molar-refractivity contribution in [2.75, 3.05) is 11.9 Å². The summed E-state index contributed by atoms with van der Waals surface area (Å²) in [7, 11) is 0. The summed E-state index contributed by atoms with van der Waals surface area (Å²) in [6, 6.07) is 18.9. The molecular formula is C26H25FN4O2. The van der Waals surface area contributed by atoms with Crippen LogP contribution in [0.25, 0.3) is 22.6 Å². The molecule has 0 aliphatic rings. The van der Waals surface area contributed by atoms with E-state index in [0.717, 1.165) is 16.8 Å². The minimum Gasteiger partial charge on any atom is -0.396 e. The first-order valence-corrected chi connectivity index (χ1v) is 10.8. The Kier molecular flexibility index (Phi) is 6.60. The van der Waals surface area contributed by atoms with Crippen LogP contribution >= 0.6 is 0 Å². The number of carbonyl (C=O) groups excluding carboxylic acids is 1. The van der Waals surface area contributed by atoms with Crippen LogP contribution in [0.5, 0.6) is 0 Å². The average Bonchev–Trinajstić information content (AvgIpc) is 3.27. The summed E-state index contributed by atoms with van der Waals surface area (Å²) in [5.74, 6) is -0.643. The summed E-state index contributed by atoms with van der Waals surface area (Å²) < 4.78 is 15.4. The van der Waals surface area contributed by atoms with Crippen molar-refractivity contribution in [3.05, 3.63) is 90.1 Å². The second-order valence-corrected chi connectivity index (χ2v) is 7.98. The molecule has 6 nitrogen and oxygen atoms in total. The lowest BCUT2D eigenvalue weighted by Gasteiger charge is -2.14. The maximum Gasteiger partial charge on any atom is 0.274 e. The summed E-state index contributed by atoms with van der Waals surface area (Å²) in [6.07, 6.45) is 2.30. The Morgan fingerprint density at radius 1 is 1.06 bits per heavy atom. The molecule has 168 valence electrons. The molecule has 0 aliphatic heterocycles. The number of pyridine rings is 1. The molecule has 0 unspecified atom stereocenters. The number of carbonyl (C=O) groups is 1. The zero-order chi connectivity index (χ0) is 23.4. The van der Waals surface area contributed by atoms with E-state index in [1.54, 1.807) is 42.7 Å². The molecule has 1 amide bonds. The van der Waals surface area contributed by atoms with E-state index in [9.17, 15) is 9.18 Å². The Morgan fingerprint density at radius 3 is 2.45 bits per heavy atom. The summed E-state index contributed by atoms with van der Waals surface area (Å²) in [5, 5.41) is 11.9. The zero-order valence-electron chi connectivity index (χ0n) is 18.5. The van der Waals surface area contributed by atoms with Gasteiger partial charge in [-0.25, -0.2) is 14.4 Å². The van der Waals surface area contributed by atoms with E-state index in [2.05, 4.69) is 15.3 Å². The molecule has 0 spiro atoms. The van der Waals surface area contributed by atoms with E-state index >= 15 is 0 Å². The van der Waals surface area contributed by atoms with E-state index in [1.165, 1.54) is 12.1 Å². The van der Waals surface area contributed by atoms with E-state index in [1.807, 2.05) is 36.6 Å². The van der Waals surface area contributed by atoms with Crippen molar-refractivity contribution >= 4 is 11.6 Å². The fourth-order valence-corrected chi connectivity index (χ4v) is 3.60. The van der Waals surface area contributed by atoms with Crippen LogP contribution in [0.15, 0.2) is 73.1 Å². The van der Waals surface area contributed by atoms with E-state index in [-0.39, 0.29) is 30.1 Å². The molecule has 4 aromatic rings. The monoisotopic (exact) mass is 444 g/mol. The number of halogens is 1. The first-order valence-electron chi connectivity index (χ1n) is 10.8. The van der Waals surface area contributed by atoms with Gasteiger partial charge in [0.2, 0.25) is 0 Å². The van der Waals surface area contributed by atoms with Gasteiger partial charge in [0.1, 0.15) is 11.5 Å². The molecule has 2 aromatic heterocycles. The van der Waals surface area contributed by atoms with Gasteiger partial charge in [0.25, 0.3) is 5.91 Å². The van der Waals surface area contributed by atoms with Gasteiger partial charge in [-0.05, 0) is 74.4 Å². The van der Waals surface area contributed by atoms with Crippen LogP contribution in [-0.2, 0) is 6.42 Å². The molecule has 0 aliphatic carbocycles. The number of benzene rings is 2. The Balaban J connectivity index is 1.66. The third-order valence-electron chi connectivity index (χ3n) is 5.30. The lowest BCUT2D eigenvalue weighted by Crippen LogP contribution is -2.14. The van der Waals surface area contributed by atoms with Crippen molar-refractivity contribution in [3.63, 3.8) is 0 Å². The average molecular weight is 445 g/mol. The van der Waals surface area contributed by atoms with E-state index in [4.69, 9.17) is 5.11 Å². The molecule has 0 saturated heterocycles. The van der Waals surface area contributed by atoms with Crippen LogP contribution in [0.4, 0.5) is 10.1 Å². The van der Waals surface area contributed by atoms with Gasteiger partial charge in [0.05, 0.1) is 23.4 Å². The molecule has 2 aromatic carbocycles. The highest BCUT2D eigenvalue weighted by Gasteiger charge is 2.19. The Morgan fingerprint density at radius 2 is 1.79 bits per heavy atom. The standard InChI is InChI=1S/C26H25FN4O2/c1-17(2)31-16-28-24(19-8-10-20(27)11-9-19)25(31)22-4-3-5-23(30-22)26(33)29-21-12-6-18(7-13-21)14-15-32/h3-13,16-17,32H,14-15H2,1-2H3,(H,29,33). The van der Waals surface area contributed by atoms with Crippen LogP contribution in [0.3, 0.4) is 0 Å². The highest BCUT2D eigenvalue weighted by Crippen LogP contribution is 2.32. The predicted octanol–water partition coefficient (Wildman–Crippen LogP) is 5.12. The molecule has 2 N–H and O–H groups in total. The lowest BCUT2D eigenvalue weighted by atomic mass is 10.1. The van der Waals surface area contributed by atoms with Gasteiger partial charge < -0.3 is 15.0 Å². The van der Waals surface area contributed by atoms with Gasteiger partial charge in [-0.3, -0.25) is 4.79 Å². The molecule has 2 heterocycles. The second kappa shape index (κ2) is 9.75. The first-order chi connectivity index (χ1) is 16.0. The number of amides is 1. The molecule has 0 atom stereocenters. The fraction of sp³-hybridized carbons (Fsp3) is 0.192. The van der Waals surface area contributed by atoms with Crippen molar-refractivity contribution in [1.29, 1.82) is 0 Å². The maximum atomic E-state index is 13.4. The van der Waals surface area contributed by atoms with Gasteiger partial charge in [-0.1, -0.05) is 18.2 Å². The molecule has 0 fully saturated rings. The normalized spacial score (nSPS) is 11.1. The smallest absolute Gasteiger partial charge is 0.274 e. The number of hydrogen-bond acceptors (Lipinski definition) is 4. The van der Waals surface area contributed by atoms with E-state index < -0.39 is 0 Å². The molecular weight excluding hydrogens is 419 g/mol. The minimum absolute atomic E-state index is 0.0787.